The number of fused-ring (bicyclic) bond motifs is 8. The fraction of sp³-hybridized carbons (Fsp3) is 0.419. The van der Waals surface area contributed by atoms with Crippen molar-refractivity contribution in [3.05, 3.63) is 71.6 Å². The Hall–Kier alpha value is -3.22. The molecule has 3 aliphatic heterocycles. The van der Waals surface area contributed by atoms with Crippen molar-refractivity contribution < 1.29 is 9.47 Å². The van der Waals surface area contributed by atoms with Crippen molar-refractivity contribution in [2.45, 2.75) is 37.8 Å². The van der Waals surface area contributed by atoms with E-state index >= 15 is 0 Å². The maximum Gasteiger partial charge on any atom is 0.119 e. The molecule has 1 fully saturated rings. The number of aromatic nitrogens is 2. The van der Waals surface area contributed by atoms with Gasteiger partial charge in [-0.2, -0.15) is 0 Å². The second-order valence-corrected chi connectivity index (χ2v) is 11.0. The number of nitrogens with zero attached hydrogens (tertiary/aromatic N) is 1. The third kappa shape index (κ3) is 3.69. The average molecular weight is 497 g/mol. The molecule has 0 radical (unpaired) electrons. The molecule has 2 unspecified atom stereocenters. The van der Waals surface area contributed by atoms with Gasteiger partial charge in [0.05, 0.1) is 20.3 Å². The molecule has 4 atom stereocenters. The third-order valence-corrected chi connectivity index (χ3v) is 9.25. The predicted octanol–water partition coefficient (Wildman–Crippen LogP) is 5.66. The van der Waals surface area contributed by atoms with E-state index in [4.69, 9.17) is 9.47 Å². The molecule has 7 rings (SSSR count). The molecule has 6 heteroatoms. The Labute approximate surface area is 218 Å². The van der Waals surface area contributed by atoms with Crippen LogP contribution in [0.4, 0.5) is 0 Å². The lowest BCUT2D eigenvalue weighted by molar-refractivity contribution is 0.0623. The zero-order chi connectivity index (χ0) is 25.1. The topological polar surface area (TPSA) is 65.3 Å². The standard InChI is InChI=1S/C31H36N4O2/c1-4-18-17-35-12-10-23-25-16-21(37-3)6-8-27(25)34-31(23)29(35)14-19(18)13-28-30-22(9-11-32-28)24-15-20(36-2)5-7-26(24)33-30/h4-8,15-16,18-19,28-29,32-34H,1,9-14,17H2,2-3H3/t18-,19-,28?,29?/m0/s1. The number of hydrogen-bond acceptors (Lipinski definition) is 4. The van der Waals surface area contributed by atoms with E-state index in [1.54, 1.807) is 14.2 Å². The highest BCUT2D eigenvalue weighted by molar-refractivity contribution is 5.87. The van der Waals surface area contributed by atoms with E-state index in [-0.39, 0.29) is 0 Å². The zero-order valence-corrected chi connectivity index (χ0v) is 21.8. The van der Waals surface area contributed by atoms with Gasteiger partial charge in [0.1, 0.15) is 11.5 Å². The van der Waals surface area contributed by atoms with Gasteiger partial charge in [0.25, 0.3) is 0 Å². The van der Waals surface area contributed by atoms with Crippen molar-refractivity contribution in [1.29, 1.82) is 0 Å². The minimum Gasteiger partial charge on any atom is -0.497 e. The Balaban J connectivity index is 1.20. The van der Waals surface area contributed by atoms with Gasteiger partial charge in [0.15, 0.2) is 0 Å². The van der Waals surface area contributed by atoms with E-state index in [1.165, 1.54) is 44.3 Å². The van der Waals surface area contributed by atoms with E-state index in [1.807, 2.05) is 6.07 Å². The first-order chi connectivity index (χ1) is 18.2. The highest BCUT2D eigenvalue weighted by Crippen LogP contribution is 2.46. The minimum atomic E-state index is 0.330. The lowest BCUT2D eigenvalue weighted by Crippen LogP contribution is -2.46. The summed E-state index contributed by atoms with van der Waals surface area (Å²) in [4.78, 5) is 10.3. The fourth-order valence-electron chi connectivity index (χ4n) is 7.35. The Morgan fingerprint density at radius 2 is 1.62 bits per heavy atom. The largest absolute Gasteiger partial charge is 0.497 e. The fourth-order valence-corrected chi connectivity index (χ4v) is 7.35. The summed E-state index contributed by atoms with van der Waals surface area (Å²) in [5.74, 6) is 2.92. The monoisotopic (exact) mass is 496 g/mol. The molecular formula is C31H36N4O2. The lowest BCUT2D eigenvalue weighted by Gasteiger charge is -2.46. The summed E-state index contributed by atoms with van der Waals surface area (Å²) in [6.07, 6.45) is 6.61. The highest BCUT2D eigenvalue weighted by atomic mass is 16.5. The summed E-state index contributed by atoms with van der Waals surface area (Å²) in [6.45, 7) is 7.47. The quantitative estimate of drug-likeness (QED) is 0.312. The SMILES string of the molecule is C=C[C@H]1CN2CCc3c([nH]c4ccc(OC)cc34)C2C[C@@H]1CC1NCCc2c1[nH]c1ccc(OC)cc21. The van der Waals surface area contributed by atoms with Crippen LogP contribution in [0.3, 0.4) is 0 Å². The molecular weight excluding hydrogens is 460 g/mol. The molecule has 1 saturated heterocycles. The molecule has 0 bridgehead atoms. The Morgan fingerprint density at radius 3 is 2.30 bits per heavy atom. The normalized spacial score (nSPS) is 25.5. The van der Waals surface area contributed by atoms with E-state index < -0.39 is 0 Å². The number of nitrogens with one attached hydrogen (secondary N) is 3. The molecule has 0 spiro atoms. The third-order valence-electron chi connectivity index (χ3n) is 9.25. The van der Waals surface area contributed by atoms with Crippen molar-refractivity contribution in [3.8, 4) is 11.5 Å². The van der Waals surface area contributed by atoms with Crippen molar-refractivity contribution in [2.75, 3.05) is 33.9 Å². The van der Waals surface area contributed by atoms with E-state index in [9.17, 15) is 0 Å². The first kappa shape index (κ1) is 22.9. The molecule has 37 heavy (non-hydrogen) atoms. The van der Waals surface area contributed by atoms with E-state index in [2.05, 4.69) is 63.2 Å². The van der Waals surface area contributed by atoms with Gasteiger partial charge in [-0.15, -0.1) is 6.58 Å². The van der Waals surface area contributed by atoms with Crippen LogP contribution in [0.5, 0.6) is 11.5 Å². The van der Waals surface area contributed by atoms with Crippen LogP contribution in [0, 0.1) is 11.8 Å². The molecule has 0 amide bonds. The van der Waals surface area contributed by atoms with Crippen LogP contribution in [-0.2, 0) is 12.8 Å². The highest BCUT2D eigenvalue weighted by Gasteiger charge is 2.40. The number of aromatic amines is 2. The first-order valence-electron chi connectivity index (χ1n) is 13.6. The van der Waals surface area contributed by atoms with E-state index in [0.717, 1.165) is 56.8 Å². The smallest absolute Gasteiger partial charge is 0.119 e. The van der Waals surface area contributed by atoms with E-state index in [0.29, 0.717) is 23.9 Å². The first-order valence-corrected chi connectivity index (χ1v) is 13.6. The summed E-state index contributed by atoms with van der Waals surface area (Å²) < 4.78 is 11.0. The van der Waals surface area contributed by atoms with Gasteiger partial charge in [-0.1, -0.05) is 6.08 Å². The molecule has 3 aliphatic rings. The molecule has 4 aromatic rings. The van der Waals surface area contributed by atoms with Crippen LogP contribution >= 0.6 is 0 Å². The molecule has 5 heterocycles. The van der Waals surface area contributed by atoms with Crippen molar-refractivity contribution in [2.24, 2.45) is 11.8 Å². The van der Waals surface area contributed by atoms with Crippen LogP contribution in [0.15, 0.2) is 49.1 Å². The number of benzene rings is 2. The van der Waals surface area contributed by atoms with Crippen LogP contribution in [-0.4, -0.2) is 48.7 Å². The van der Waals surface area contributed by atoms with Gasteiger partial charge >= 0.3 is 0 Å². The van der Waals surface area contributed by atoms with Gasteiger partial charge in [0, 0.05) is 52.3 Å². The summed E-state index contributed by atoms with van der Waals surface area (Å²) in [5.41, 5.74) is 8.14. The molecule has 2 aromatic carbocycles. The maximum atomic E-state index is 5.53. The van der Waals surface area contributed by atoms with Crippen molar-refractivity contribution in [3.63, 3.8) is 0 Å². The van der Waals surface area contributed by atoms with Gasteiger partial charge in [-0.05, 0) is 91.6 Å². The molecule has 192 valence electrons. The van der Waals surface area contributed by atoms with Crippen molar-refractivity contribution >= 4 is 21.8 Å². The van der Waals surface area contributed by atoms with Gasteiger partial charge in [0.2, 0.25) is 0 Å². The molecule has 2 aromatic heterocycles. The van der Waals surface area contributed by atoms with Gasteiger partial charge < -0.3 is 24.8 Å². The van der Waals surface area contributed by atoms with Crippen LogP contribution in [0.25, 0.3) is 21.8 Å². The van der Waals surface area contributed by atoms with Crippen LogP contribution in [0.2, 0.25) is 0 Å². The summed E-state index contributed by atoms with van der Waals surface area (Å²) >= 11 is 0. The van der Waals surface area contributed by atoms with Crippen LogP contribution < -0.4 is 14.8 Å². The zero-order valence-electron chi connectivity index (χ0n) is 21.8. The summed E-state index contributed by atoms with van der Waals surface area (Å²) in [5, 5.41) is 6.48. The van der Waals surface area contributed by atoms with Gasteiger partial charge in [-0.3, -0.25) is 4.90 Å². The molecule has 0 aliphatic carbocycles. The van der Waals surface area contributed by atoms with Crippen molar-refractivity contribution in [1.82, 2.24) is 20.2 Å². The maximum absolute atomic E-state index is 5.53. The molecule has 3 N–H and O–H groups in total. The number of H-pyrrole nitrogens is 2. The summed E-state index contributed by atoms with van der Waals surface area (Å²) in [6, 6.07) is 13.6. The Bertz CT molecular complexity index is 1480. The second-order valence-electron chi connectivity index (χ2n) is 11.0. The Morgan fingerprint density at radius 1 is 0.946 bits per heavy atom. The Kier molecular flexibility index (Phi) is 5.56. The number of piperidine rings is 1. The molecule has 6 nitrogen and oxygen atoms in total. The molecule has 0 saturated carbocycles. The average Bonchev–Trinajstić information content (AvgIpc) is 3.51. The van der Waals surface area contributed by atoms with Crippen LogP contribution in [0.1, 0.15) is 47.4 Å². The minimum absolute atomic E-state index is 0.330. The second kappa shape index (κ2) is 8.96. The number of methoxy groups -OCH3 is 2. The lowest BCUT2D eigenvalue weighted by atomic mass is 9.75. The number of hydrogen-bond donors (Lipinski definition) is 3. The summed E-state index contributed by atoms with van der Waals surface area (Å²) in [7, 11) is 3.49. The number of ether oxygens (including phenoxy) is 2. The predicted molar refractivity (Wildman–Crippen MR) is 149 cm³/mol. The van der Waals surface area contributed by atoms with Gasteiger partial charge in [-0.25, -0.2) is 0 Å². The number of rotatable bonds is 5.